The van der Waals surface area contributed by atoms with Crippen molar-refractivity contribution in [2.24, 2.45) is 0 Å². The molecule has 7 heteroatoms. The lowest BCUT2D eigenvalue weighted by Crippen LogP contribution is -2.08. The van der Waals surface area contributed by atoms with E-state index in [9.17, 15) is 17.2 Å². The van der Waals surface area contributed by atoms with Crippen molar-refractivity contribution in [1.29, 1.82) is 0 Å². The van der Waals surface area contributed by atoms with Crippen LogP contribution >= 0.6 is 0 Å². The smallest absolute Gasteiger partial charge is 0.172 e. The Balaban J connectivity index is 3.67. The van der Waals surface area contributed by atoms with Crippen molar-refractivity contribution in [3.63, 3.8) is 0 Å². The normalized spacial score (nSPS) is 15.3. The first-order valence-electron chi connectivity index (χ1n) is 1.82. The summed E-state index contributed by atoms with van der Waals surface area (Å²) in [5, 5.41) is 0. The first-order chi connectivity index (χ1) is 3.92. The van der Waals surface area contributed by atoms with Crippen molar-refractivity contribution in [1.82, 2.24) is 0 Å². The molecule has 9 heavy (non-hydrogen) atoms. The van der Waals surface area contributed by atoms with E-state index < -0.39 is 27.1 Å². The van der Waals surface area contributed by atoms with Crippen LogP contribution in [0.5, 0.6) is 0 Å². The molecule has 0 spiro atoms. The highest BCUT2D eigenvalue weighted by Crippen LogP contribution is 1.85. The van der Waals surface area contributed by atoms with Gasteiger partial charge in [-0.05, 0) is 0 Å². The maximum atomic E-state index is 10.1. The molecule has 0 aromatic rings. The predicted octanol–water partition coefficient (Wildman–Crippen LogP) is -1.20. The molecule has 0 aromatic heterocycles. The summed E-state index contributed by atoms with van der Waals surface area (Å²) in [6, 6.07) is 0. The van der Waals surface area contributed by atoms with Gasteiger partial charge in [-0.15, -0.1) is 0 Å². The molecule has 1 unspecified atom stereocenters. The van der Waals surface area contributed by atoms with Gasteiger partial charge in [-0.25, -0.2) is 12.6 Å². The molecular weight excluding hydrogens is 168 g/mol. The second kappa shape index (κ2) is 3.25. The second-order valence-corrected chi connectivity index (χ2v) is 4.10. The molecule has 0 saturated heterocycles. The Kier molecular flexibility index (Phi) is 3.26. The fourth-order valence-electron chi connectivity index (χ4n) is 0.127. The van der Waals surface area contributed by atoms with Crippen molar-refractivity contribution in [2.75, 3.05) is 12.2 Å². The molecule has 0 saturated carbocycles. The van der Waals surface area contributed by atoms with Gasteiger partial charge in [-0.1, -0.05) is 0 Å². The van der Waals surface area contributed by atoms with Crippen LogP contribution in [0.1, 0.15) is 0 Å². The van der Waals surface area contributed by atoms with Crippen LogP contribution in [-0.4, -0.2) is 29.4 Å². The summed E-state index contributed by atoms with van der Waals surface area (Å²) in [7, 11) is -3.33. The summed E-state index contributed by atoms with van der Waals surface area (Å²) in [4.78, 5) is 0. The zero-order valence-electron chi connectivity index (χ0n) is 4.56. The van der Waals surface area contributed by atoms with E-state index in [0.717, 1.165) is 6.26 Å². The van der Waals surface area contributed by atoms with Crippen molar-refractivity contribution in [3.05, 3.63) is 0 Å². The second-order valence-electron chi connectivity index (χ2n) is 1.37. The minimum absolute atomic E-state index is 0.789. The molecule has 0 fully saturated rings. The standard InChI is InChI=1S/C2H6O5S2/c1-9(5,6)2-7-8(3)4/h2H2,1H3,(H,3,4)/p-1. The van der Waals surface area contributed by atoms with Crippen LogP contribution in [0.4, 0.5) is 0 Å². The van der Waals surface area contributed by atoms with Gasteiger partial charge in [-0.3, -0.25) is 4.18 Å². The maximum Gasteiger partial charge on any atom is 0.172 e. The Hall–Kier alpha value is 0.0200. The van der Waals surface area contributed by atoms with E-state index >= 15 is 0 Å². The van der Waals surface area contributed by atoms with Gasteiger partial charge < -0.3 is 4.55 Å². The SMILES string of the molecule is CS(=O)(=O)COS(=O)[O-]. The minimum Gasteiger partial charge on any atom is -0.750 e. The van der Waals surface area contributed by atoms with Crippen LogP contribution in [0.3, 0.4) is 0 Å². The topological polar surface area (TPSA) is 83.5 Å². The highest BCUT2D eigenvalue weighted by Gasteiger charge is 2.00. The Labute approximate surface area is 55.4 Å². The first kappa shape index (κ1) is 9.02. The van der Waals surface area contributed by atoms with Crippen molar-refractivity contribution < 1.29 is 21.4 Å². The molecular formula is C2H5O5S2-. The van der Waals surface area contributed by atoms with Gasteiger partial charge in [0, 0.05) is 6.26 Å². The molecule has 0 N–H and O–H groups in total. The quantitative estimate of drug-likeness (QED) is 0.500. The van der Waals surface area contributed by atoms with Gasteiger partial charge in [0.05, 0.1) is 11.4 Å². The van der Waals surface area contributed by atoms with Crippen molar-refractivity contribution in [3.8, 4) is 0 Å². The van der Waals surface area contributed by atoms with Crippen molar-refractivity contribution in [2.45, 2.75) is 0 Å². The number of hydrogen-bond donors (Lipinski definition) is 0. The predicted molar refractivity (Wildman–Crippen MR) is 29.7 cm³/mol. The van der Waals surface area contributed by atoms with Crippen LogP contribution in [-0.2, 0) is 25.4 Å². The maximum absolute atomic E-state index is 10.1. The molecule has 0 aromatic carbocycles. The molecule has 5 nitrogen and oxygen atoms in total. The number of hydrogen-bond acceptors (Lipinski definition) is 5. The molecule has 0 aliphatic carbocycles. The summed E-state index contributed by atoms with van der Waals surface area (Å²) >= 11 is -2.74. The van der Waals surface area contributed by atoms with E-state index in [1.807, 2.05) is 0 Å². The number of rotatable bonds is 3. The summed E-state index contributed by atoms with van der Waals surface area (Å²) in [5.74, 6) is -0.789. The third kappa shape index (κ3) is 8.02. The summed E-state index contributed by atoms with van der Waals surface area (Å²) < 4.78 is 43.1. The molecule has 0 aliphatic rings. The van der Waals surface area contributed by atoms with E-state index in [4.69, 9.17) is 0 Å². The third-order valence-corrected chi connectivity index (χ3v) is 1.36. The lowest BCUT2D eigenvalue weighted by molar-refractivity contribution is 0.345. The Morgan fingerprint density at radius 2 is 2.11 bits per heavy atom. The lowest BCUT2D eigenvalue weighted by Gasteiger charge is -2.02. The van der Waals surface area contributed by atoms with E-state index in [0.29, 0.717) is 0 Å². The van der Waals surface area contributed by atoms with Crippen molar-refractivity contribution >= 4 is 21.2 Å². The Morgan fingerprint density at radius 1 is 1.67 bits per heavy atom. The number of sulfone groups is 1. The van der Waals surface area contributed by atoms with Crippen LogP contribution in [0.2, 0.25) is 0 Å². The molecule has 0 radical (unpaired) electrons. The highest BCUT2D eigenvalue weighted by molar-refractivity contribution is 7.91. The van der Waals surface area contributed by atoms with Gasteiger partial charge in [-0.2, -0.15) is 0 Å². The lowest BCUT2D eigenvalue weighted by atomic mass is 11.7. The van der Waals surface area contributed by atoms with Gasteiger partial charge in [0.1, 0.15) is 0 Å². The summed E-state index contributed by atoms with van der Waals surface area (Å²) in [5.41, 5.74) is 0. The van der Waals surface area contributed by atoms with Crippen LogP contribution in [0.15, 0.2) is 0 Å². The van der Waals surface area contributed by atoms with Gasteiger partial charge in [0.15, 0.2) is 15.8 Å². The van der Waals surface area contributed by atoms with E-state index in [1.54, 1.807) is 0 Å². The molecule has 0 rings (SSSR count). The molecule has 1 atom stereocenters. The van der Waals surface area contributed by atoms with Crippen LogP contribution in [0.25, 0.3) is 0 Å². The zero-order valence-corrected chi connectivity index (χ0v) is 6.20. The Morgan fingerprint density at radius 3 is 2.22 bits per heavy atom. The van der Waals surface area contributed by atoms with E-state index in [-0.39, 0.29) is 0 Å². The van der Waals surface area contributed by atoms with E-state index in [2.05, 4.69) is 4.18 Å². The molecule has 0 heterocycles. The van der Waals surface area contributed by atoms with Crippen LogP contribution < -0.4 is 0 Å². The largest absolute Gasteiger partial charge is 0.750 e. The highest BCUT2D eigenvalue weighted by atomic mass is 32.2. The molecule has 56 valence electrons. The Bertz CT molecular complexity index is 191. The molecule has 0 amide bonds. The average Bonchev–Trinajstić information content (AvgIpc) is 1.59. The average molecular weight is 173 g/mol. The zero-order chi connectivity index (χ0) is 7.49. The van der Waals surface area contributed by atoms with Gasteiger partial charge in [0.25, 0.3) is 0 Å². The molecule has 0 aliphatic heterocycles. The van der Waals surface area contributed by atoms with Gasteiger partial charge >= 0.3 is 0 Å². The fraction of sp³-hybridized carbons (Fsp3) is 1.00. The monoisotopic (exact) mass is 173 g/mol. The minimum atomic E-state index is -3.33. The van der Waals surface area contributed by atoms with Gasteiger partial charge in [0.2, 0.25) is 0 Å². The fourth-order valence-corrected chi connectivity index (χ4v) is 1.14. The van der Waals surface area contributed by atoms with E-state index in [1.165, 1.54) is 0 Å². The summed E-state index contributed by atoms with van der Waals surface area (Å²) in [6.45, 7) is 0. The first-order valence-corrected chi connectivity index (χ1v) is 4.88. The van der Waals surface area contributed by atoms with Crippen LogP contribution in [0, 0.1) is 0 Å². The third-order valence-electron chi connectivity index (χ3n) is 0.358. The molecule has 0 bridgehead atoms. The summed E-state index contributed by atoms with van der Waals surface area (Å²) in [6.07, 6.45) is 0.875.